The number of aryl methyl sites for hydroxylation is 1. The monoisotopic (exact) mass is 374 g/mol. The number of aromatic nitrogens is 2. The minimum Gasteiger partial charge on any atom is -0.464 e. The van der Waals surface area contributed by atoms with Crippen molar-refractivity contribution >= 4 is 34.3 Å². The van der Waals surface area contributed by atoms with E-state index in [4.69, 9.17) is 9.47 Å². The van der Waals surface area contributed by atoms with E-state index in [-0.39, 0.29) is 17.9 Å². The fraction of sp³-hybridized carbons (Fsp3) is 0.526. The number of amides is 1. The van der Waals surface area contributed by atoms with Crippen LogP contribution in [-0.2, 0) is 20.8 Å². The van der Waals surface area contributed by atoms with Crippen molar-refractivity contribution in [3.63, 3.8) is 0 Å². The molecule has 8 nitrogen and oxygen atoms in total. The lowest BCUT2D eigenvalue weighted by atomic mass is 10.1. The molecule has 0 aliphatic carbocycles. The van der Waals surface area contributed by atoms with Gasteiger partial charge in [0.15, 0.2) is 5.69 Å². The molecule has 1 aliphatic heterocycles. The van der Waals surface area contributed by atoms with Crippen LogP contribution in [0.4, 0.5) is 11.4 Å². The van der Waals surface area contributed by atoms with Crippen LogP contribution < -0.4 is 10.6 Å². The summed E-state index contributed by atoms with van der Waals surface area (Å²) in [4.78, 5) is 29.7. The summed E-state index contributed by atoms with van der Waals surface area (Å²) >= 11 is 0. The van der Waals surface area contributed by atoms with Crippen molar-refractivity contribution in [2.75, 3.05) is 31.0 Å². The molecule has 2 aromatic heterocycles. The van der Waals surface area contributed by atoms with Crippen LogP contribution in [0.15, 0.2) is 12.3 Å². The second-order valence-corrected chi connectivity index (χ2v) is 6.90. The highest BCUT2D eigenvalue weighted by Crippen LogP contribution is 2.33. The molecule has 0 radical (unpaired) electrons. The number of nitrogens with one attached hydrogen (secondary N) is 2. The summed E-state index contributed by atoms with van der Waals surface area (Å²) in [5.41, 5.74) is 2.19. The van der Waals surface area contributed by atoms with Gasteiger partial charge in [0.2, 0.25) is 5.91 Å². The van der Waals surface area contributed by atoms with E-state index in [1.165, 1.54) is 7.11 Å². The maximum Gasteiger partial charge on any atom is 0.356 e. The van der Waals surface area contributed by atoms with Gasteiger partial charge in [-0.15, -0.1) is 0 Å². The van der Waals surface area contributed by atoms with Crippen LogP contribution in [0.3, 0.4) is 0 Å². The fourth-order valence-corrected chi connectivity index (χ4v) is 3.35. The van der Waals surface area contributed by atoms with Crippen molar-refractivity contribution in [1.82, 2.24) is 9.55 Å². The van der Waals surface area contributed by atoms with Gasteiger partial charge < -0.3 is 24.7 Å². The molecule has 146 valence electrons. The average molecular weight is 374 g/mol. The van der Waals surface area contributed by atoms with Crippen LogP contribution in [-0.4, -0.2) is 47.8 Å². The lowest BCUT2D eigenvalue weighted by Crippen LogP contribution is -2.24. The highest BCUT2D eigenvalue weighted by Gasteiger charge is 2.29. The number of nitrogens with zero attached hydrogens (tertiary/aromatic N) is 2. The molecule has 1 saturated heterocycles. The minimum atomic E-state index is -0.508. The number of hydrogen-bond donors (Lipinski definition) is 2. The van der Waals surface area contributed by atoms with E-state index in [2.05, 4.69) is 15.6 Å². The molecule has 1 atom stereocenters. The standard InChI is InChI=1S/C19H26N4O4/c1-5-23-16(19(25)26-4)15(22-18(24)12-6-7-27-10-12)14-8-13(21-11(2)3)9-20-17(14)23/h8-9,11-12,21H,5-7,10H2,1-4H3,(H,22,24)/t12-/m0/s1. The van der Waals surface area contributed by atoms with E-state index in [1.54, 1.807) is 10.8 Å². The molecule has 1 aliphatic rings. The van der Waals surface area contributed by atoms with Gasteiger partial charge in [-0.05, 0) is 33.3 Å². The number of ether oxygens (including phenoxy) is 2. The van der Waals surface area contributed by atoms with Gasteiger partial charge in [0, 0.05) is 24.6 Å². The molecular formula is C19H26N4O4. The molecule has 0 aromatic carbocycles. The van der Waals surface area contributed by atoms with Crippen LogP contribution in [0.25, 0.3) is 11.0 Å². The Balaban J connectivity index is 2.12. The van der Waals surface area contributed by atoms with Crippen molar-refractivity contribution in [2.24, 2.45) is 5.92 Å². The fourth-order valence-electron chi connectivity index (χ4n) is 3.35. The van der Waals surface area contributed by atoms with Crippen molar-refractivity contribution in [3.05, 3.63) is 18.0 Å². The third kappa shape index (κ3) is 3.75. The molecule has 2 aromatic rings. The number of pyridine rings is 1. The molecule has 0 spiro atoms. The second-order valence-electron chi connectivity index (χ2n) is 6.90. The quantitative estimate of drug-likeness (QED) is 0.755. The van der Waals surface area contributed by atoms with Crippen molar-refractivity contribution in [2.45, 2.75) is 39.8 Å². The number of methoxy groups -OCH3 is 1. The third-order valence-corrected chi connectivity index (χ3v) is 4.60. The molecule has 3 rings (SSSR count). The largest absolute Gasteiger partial charge is 0.464 e. The number of rotatable bonds is 6. The molecular weight excluding hydrogens is 348 g/mol. The van der Waals surface area contributed by atoms with Crippen LogP contribution in [0.1, 0.15) is 37.7 Å². The number of carbonyl (C=O) groups is 2. The first kappa shape index (κ1) is 19.2. The predicted molar refractivity (Wildman–Crippen MR) is 103 cm³/mol. The van der Waals surface area contributed by atoms with Gasteiger partial charge in [-0.2, -0.15) is 0 Å². The third-order valence-electron chi connectivity index (χ3n) is 4.60. The average Bonchev–Trinajstić information content (AvgIpc) is 3.27. The normalized spacial score (nSPS) is 16.7. The zero-order chi connectivity index (χ0) is 19.6. The van der Waals surface area contributed by atoms with Crippen molar-refractivity contribution in [3.8, 4) is 0 Å². The van der Waals surface area contributed by atoms with Crippen molar-refractivity contribution in [1.29, 1.82) is 0 Å². The highest BCUT2D eigenvalue weighted by molar-refractivity contribution is 6.11. The summed E-state index contributed by atoms with van der Waals surface area (Å²) in [5, 5.41) is 6.94. The second kappa shape index (κ2) is 7.96. The number of anilines is 2. The highest BCUT2D eigenvalue weighted by atomic mass is 16.5. The van der Waals surface area contributed by atoms with Gasteiger partial charge in [0.25, 0.3) is 0 Å². The van der Waals surface area contributed by atoms with Crippen LogP contribution in [0, 0.1) is 5.92 Å². The zero-order valence-electron chi connectivity index (χ0n) is 16.2. The molecule has 0 saturated carbocycles. The van der Waals surface area contributed by atoms with Gasteiger partial charge >= 0.3 is 5.97 Å². The number of esters is 1. The Hall–Kier alpha value is -2.61. The Morgan fingerprint density at radius 1 is 1.44 bits per heavy atom. The molecule has 3 heterocycles. The van der Waals surface area contributed by atoms with E-state index in [0.717, 1.165) is 5.69 Å². The van der Waals surface area contributed by atoms with Gasteiger partial charge in [-0.25, -0.2) is 9.78 Å². The van der Waals surface area contributed by atoms with Crippen LogP contribution in [0.2, 0.25) is 0 Å². The summed E-state index contributed by atoms with van der Waals surface area (Å²) in [6, 6.07) is 2.13. The maximum absolute atomic E-state index is 12.7. The molecule has 0 unspecified atom stereocenters. The predicted octanol–water partition coefficient (Wildman–Crippen LogP) is 2.64. The van der Waals surface area contributed by atoms with E-state index in [0.29, 0.717) is 48.6 Å². The lowest BCUT2D eigenvalue weighted by Gasteiger charge is -2.12. The molecule has 27 heavy (non-hydrogen) atoms. The minimum absolute atomic E-state index is 0.157. The van der Waals surface area contributed by atoms with Gasteiger partial charge in [0.1, 0.15) is 5.65 Å². The Labute approximate surface area is 158 Å². The summed E-state index contributed by atoms with van der Waals surface area (Å²) in [6.07, 6.45) is 2.40. The summed E-state index contributed by atoms with van der Waals surface area (Å²) in [5.74, 6) is -0.887. The summed E-state index contributed by atoms with van der Waals surface area (Å²) in [6.45, 7) is 7.47. The van der Waals surface area contributed by atoms with Gasteiger partial charge in [0.05, 0.1) is 37.2 Å². The topological polar surface area (TPSA) is 94.5 Å². The molecule has 2 N–H and O–H groups in total. The summed E-state index contributed by atoms with van der Waals surface area (Å²) in [7, 11) is 1.33. The molecule has 1 fully saturated rings. The molecule has 1 amide bonds. The lowest BCUT2D eigenvalue weighted by molar-refractivity contribution is -0.119. The number of fused-ring (bicyclic) bond motifs is 1. The van der Waals surface area contributed by atoms with Gasteiger partial charge in [-0.3, -0.25) is 4.79 Å². The summed E-state index contributed by atoms with van der Waals surface area (Å²) < 4.78 is 12.0. The van der Waals surface area contributed by atoms with E-state index >= 15 is 0 Å². The number of carbonyl (C=O) groups excluding carboxylic acids is 2. The molecule has 8 heteroatoms. The Bertz CT molecular complexity index is 853. The Kier molecular flexibility index (Phi) is 5.65. The van der Waals surface area contributed by atoms with Crippen LogP contribution >= 0.6 is 0 Å². The molecule has 0 bridgehead atoms. The zero-order valence-corrected chi connectivity index (χ0v) is 16.2. The maximum atomic E-state index is 12.7. The van der Waals surface area contributed by atoms with E-state index in [9.17, 15) is 9.59 Å². The Morgan fingerprint density at radius 3 is 2.81 bits per heavy atom. The first-order valence-corrected chi connectivity index (χ1v) is 9.21. The van der Waals surface area contributed by atoms with Gasteiger partial charge in [-0.1, -0.05) is 0 Å². The number of hydrogen-bond acceptors (Lipinski definition) is 6. The van der Waals surface area contributed by atoms with Crippen LogP contribution in [0.5, 0.6) is 0 Å². The first-order chi connectivity index (χ1) is 13.0. The SMILES string of the molecule is CCn1c(C(=O)OC)c(NC(=O)[C@H]2CCOC2)c2cc(NC(C)C)cnc21. The Morgan fingerprint density at radius 2 is 2.22 bits per heavy atom. The van der Waals surface area contributed by atoms with E-state index < -0.39 is 5.97 Å². The van der Waals surface area contributed by atoms with Crippen molar-refractivity contribution < 1.29 is 19.1 Å². The smallest absolute Gasteiger partial charge is 0.356 e. The van der Waals surface area contributed by atoms with E-state index in [1.807, 2.05) is 26.8 Å². The first-order valence-electron chi connectivity index (χ1n) is 9.21.